The number of carbonyl (C=O) groups excluding carboxylic acids is 1. The molecule has 0 bridgehead atoms. The Hall–Kier alpha value is -3.00. The van der Waals surface area contributed by atoms with Gasteiger partial charge in [0, 0.05) is 4.88 Å². The molecule has 2 N–H and O–H groups in total. The van der Waals surface area contributed by atoms with Crippen LogP contribution >= 0.6 is 11.3 Å². The number of benzene rings is 1. The molecule has 1 unspecified atom stereocenters. The normalized spacial score (nSPS) is 11.9. The molecule has 1 atom stereocenters. The Bertz CT molecular complexity index is 919. The van der Waals surface area contributed by atoms with Gasteiger partial charge in [0.2, 0.25) is 5.91 Å². The van der Waals surface area contributed by atoms with Crippen LogP contribution in [-0.4, -0.2) is 32.0 Å². The van der Waals surface area contributed by atoms with E-state index in [0.717, 1.165) is 29.7 Å². The number of aryl methyl sites for hydroxylation is 1. The number of hydrogen-bond donors (Lipinski definition) is 2. The topological polar surface area (TPSA) is 97.1 Å². The molecule has 0 radical (unpaired) electrons. The molecule has 3 rings (SSSR count). The molecular formula is C20H22N4O3S. The maximum atomic E-state index is 12.5. The predicted octanol–water partition coefficient (Wildman–Crippen LogP) is 3.29. The van der Waals surface area contributed by atoms with Gasteiger partial charge in [-0.05, 0) is 35.4 Å². The van der Waals surface area contributed by atoms with Gasteiger partial charge in [0.15, 0.2) is 5.69 Å². The summed E-state index contributed by atoms with van der Waals surface area (Å²) in [5, 5.41) is 21.1. The highest BCUT2D eigenvalue weighted by atomic mass is 32.1. The molecular weight excluding hydrogens is 376 g/mol. The summed E-state index contributed by atoms with van der Waals surface area (Å²) in [6.07, 6.45) is 4.60. The molecule has 7 nitrogen and oxygen atoms in total. The molecule has 2 aromatic heterocycles. The van der Waals surface area contributed by atoms with Gasteiger partial charge in [-0.25, -0.2) is 9.48 Å². The monoisotopic (exact) mass is 398 g/mol. The second kappa shape index (κ2) is 9.27. The van der Waals surface area contributed by atoms with Crippen molar-refractivity contribution in [1.29, 1.82) is 0 Å². The van der Waals surface area contributed by atoms with Crippen molar-refractivity contribution in [3.63, 3.8) is 0 Å². The van der Waals surface area contributed by atoms with Gasteiger partial charge in [-0.2, -0.15) is 0 Å². The van der Waals surface area contributed by atoms with Gasteiger partial charge in [-0.15, -0.1) is 16.4 Å². The maximum absolute atomic E-state index is 12.5. The largest absolute Gasteiger partial charge is 0.476 e. The molecule has 2 heterocycles. The van der Waals surface area contributed by atoms with Crippen molar-refractivity contribution in [3.05, 3.63) is 69.7 Å². The molecule has 3 aromatic rings. The summed E-state index contributed by atoms with van der Waals surface area (Å²) >= 11 is 1.57. The lowest BCUT2D eigenvalue weighted by molar-refractivity contribution is -0.122. The number of carboxylic acids is 1. The van der Waals surface area contributed by atoms with Crippen molar-refractivity contribution in [2.45, 2.75) is 38.8 Å². The van der Waals surface area contributed by atoms with E-state index in [1.165, 1.54) is 16.4 Å². The Kier molecular flexibility index (Phi) is 6.54. The first-order valence-corrected chi connectivity index (χ1v) is 9.99. The number of nitrogens with zero attached hydrogens (tertiary/aromatic N) is 3. The Morgan fingerprint density at radius 3 is 2.64 bits per heavy atom. The smallest absolute Gasteiger partial charge is 0.358 e. The van der Waals surface area contributed by atoms with Gasteiger partial charge in [0.25, 0.3) is 0 Å². The molecule has 0 aliphatic heterocycles. The lowest BCUT2D eigenvalue weighted by atomic mass is 10.0. The molecule has 0 fully saturated rings. The number of hydrogen-bond acceptors (Lipinski definition) is 5. The van der Waals surface area contributed by atoms with E-state index in [2.05, 4.69) is 34.7 Å². The summed E-state index contributed by atoms with van der Waals surface area (Å²) in [5.74, 6) is -1.44. The Morgan fingerprint density at radius 2 is 2.04 bits per heavy atom. The lowest BCUT2D eigenvalue weighted by Crippen LogP contribution is -2.32. The zero-order valence-corrected chi connectivity index (χ0v) is 16.4. The second-order valence-electron chi connectivity index (χ2n) is 6.47. The van der Waals surface area contributed by atoms with Crippen LogP contribution in [0.15, 0.2) is 48.0 Å². The molecule has 146 valence electrons. The molecule has 28 heavy (non-hydrogen) atoms. The first-order chi connectivity index (χ1) is 13.6. The summed E-state index contributed by atoms with van der Waals surface area (Å²) in [4.78, 5) is 24.5. The number of unbranched alkanes of at least 4 members (excludes halogenated alkanes) is 1. The fourth-order valence-electron chi connectivity index (χ4n) is 2.86. The predicted molar refractivity (Wildman–Crippen MR) is 106 cm³/mol. The zero-order valence-electron chi connectivity index (χ0n) is 15.5. The quantitative estimate of drug-likeness (QED) is 0.576. The van der Waals surface area contributed by atoms with E-state index in [4.69, 9.17) is 5.11 Å². The van der Waals surface area contributed by atoms with Crippen LogP contribution in [0.3, 0.4) is 0 Å². The maximum Gasteiger partial charge on any atom is 0.358 e. The standard InChI is InChI=1S/C20H22N4O3S/c1-2-3-5-14-7-9-15(10-8-14)19(17-6-4-11-28-17)21-18(25)13-24-12-16(20(26)27)22-23-24/h4,6-12,19H,2-3,5,13H2,1H3,(H,21,25)(H,26,27). The Morgan fingerprint density at radius 1 is 1.25 bits per heavy atom. The average Bonchev–Trinajstić information content (AvgIpc) is 3.37. The molecule has 8 heteroatoms. The highest BCUT2D eigenvalue weighted by Gasteiger charge is 2.19. The van der Waals surface area contributed by atoms with E-state index < -0.39 is 5.97 Å². The number of amides is 1. The second-order valence-corrected chi connectivity index (χ2v) is 7.45. The fraction of sp³-hybridized carbons (Fsp3) is 0.300. The van der Waals surface area contributed by atoms with Gasteiger partial charge < -0.3 is 10.4 Å². The van der Waals surface area contributed by atoms with Gasteiger partial charge in [-0.3, -0.25) is 4.79 Å². The first kappa shape index (κ1) is 19.8. The zero-order chi connectivity index (χ0) is 19.9. The van der Waals surface area contributed by atoms with Crippen LogP contribution in [0, 0.1) is 0 Å². The summed E-state index contributed by atoms with van der Waals surface area (Å²) in [5.41, 5.74) is 2.09. The lowest BCUT2D eigenvalue weighted by Gasteiger charge is -2.18. The van der Waals surface area contributed by atoms with Crippen molar-refractivity contribution in [3.8, 4) is 0 Å². The van der Waals surface area contributed by atoms with Crippen LogP contribution in [-0.2, 0) is 17.8 Å². The SMILES string of the molecule is CCCCc1ccc(C(NC(=O)Cn2cc(C(=O)O)nn2)c2cccs2)cc1. The van der Waals surface area contributed by atoms with Gasteiger partial charge in [0.1, 0.15) is 6.54 Å². The molecule has 0 saturated heterocycles. The molecule has 0 saturated carbocycles. The van der Waals surface area contributed by atoms with E-state index in [1.54, 1.807) is 11.3 Å². The third kappa shape index (κ3) is 5.04. The summed E-state index contributed by atoms with van der Waals surface area (Å²) < 4.78 is 1.22. The van der Waals surface area contributed by atoms with Gasteiger partial charge in [-0.1, -0.05) is 48.9 Å². The van der Waals surface area contributed by atoms with Crippen LogP contribution in [0.1, 0.15) is 52.3 Å². The number of aromatic carboxylic acids is 1. The summed E-state index contributed by atoms with van der Waals surface area (Å²) in [6, 6.07) is 12.0. The number of rotatable bonds is 9. The number of thiophene rings is 1. The minimum atomic E-state index is -1.17. The molecule has 0 aliphatic rings. The van der Waals surface area contributed by atoms with Crippen molar-refractivity contribution < 1.29 is 14.7 Å². The van der Waals surface area contributed by atoms with Gasteiger partial charge in [0.05, 0.1) is 12.2 Å². The summed E-state index contributed by atoms with van der Waals surface area (Å²) in [6.45, 7) is 2.07. The van der Waals surface area contributed by atoms with Crippen LogP contribution < -0.4 is 5.32 Å². The highest BCUT2D eigenvalue weighted by Crippen LogP contribution is 2.26. The summed E-state index contributed by atoms with van der Waals surface area (Å²) in [7, 11) is 0. The minimum absolute atomic E-state index is 0.100. The van der Waals surface area contributed by atoms with Crippen LogP contribution in [0.2, 0.25) is 0 Å². The number of carboxylic acid groups (broad SMARTS) is 1. The molecule has 1 amide bonds. The van der Waals surface area contributed by atoms with Gasteiger partial charge >= 0.3 is 5.97 Å². The highest BCUT2D eigenvalue weighted by molar-refractivity contribution is 7.10. The van der Waals surface area contributed by atoms with Crippen LogP contribution in [0.4, 0.5) is 0 Å². The molecule has 0 aliphatic carbocycles. The first-order valence-electron chi connectivity index (χ1n) is 9.12. The van der Waals surface area contributed by atoms with Crippen molar-refractivity contribution in [1.82, 2.24) is 20.3 Å². The molecule has 0 spiro atoms. The third-order valence-corrected chi connectivity index (χ3v) is 5.27. The van der Waals surface area contributed by atoms with E-state index in [1.807, 2.05) is 29.6 Å². The van der Waals surface area contributed by atoms with Crippen molar-refractivity contribution in [2.24, 2.45) is 0 Å². The Labute approximate surface area is 167 Å². The third-order valence-electron chi connectivity index (χ3n) is 4.33. The van der Waals surface area contributed by atoms with E-state index in [0.29, 0.717) is 0 Å². The van der Waals surface area contributed by atoms with E-state index in [9.17, 15) is 9.59 Å². The van der Waals surface area contributed by atoms with Crippen LogP contribution in [0.25, 0.3) is 0 Å². The molecule has 1 aromatic carbocycles. The number of aromatic nitrogens is 3. The fourth-order valence-corrected chi connectivity index (χ4v) is 3.66. The van der Waals surface area contributed by atoms with Crippen molar-refractivity contribution >= 4 is 23.2 Å². The van der Waals surface area contributed by atoms with E-state index in [-0.39, 0.29) is 24.2 Å². The number of nitrogens with one attached hydrogen (secondary N) is 1. The van der Waals surface area contributed by atoms with E-state index >= 15 is 0 Å². The average molecular weight is 398 g/mol. The van der Waals surface area contributed by atoms with Crippen molar-refractivity contribution in [2.75, 3.05) is 0 Å². The van der Waals surface area contributed by atoms with Crippen LogP contribution in [0.5, 0.6) is 0 Å². The number of carbonyl (C=O) groups is 2. The Balaban J connectivity index is 1.73. The minimum Gasteiger partial charge on any atom is -0.476 e.